The monoisotopic (exact) mass is 289 g/mol. The summed E-state index contributed by atoms with van der Waals surface area (Å²) in [6, 6.07) is 2.84. The predicted octanol–water partition coefficient (Wildman–Crippen LogP) is 2.87. The minimum Gasteiger partial charge on any atom is -0.337 e. The van der Waals surface area contributed by atoms with Crippen LogP contribution < -0.4 is 5.32 Å². The minimum absolute atomic E-state index is 0.208. The number of hydrogen-bond donors (Lipinski definition) is 1. The summed E-state index contributed by atoms with van der Waals surface area (Å²) < 4.78 is 4.18. The van der Waals surface area contributed by atoms with Crippen LogP contribution >= 0.6 is 0 Å². The highest BCUT2D eigenvalue weighted by molar-refractivity contribution is 5.08. The van der Waals surface area contributed by atoms with Crippen LogP contribution in [0.1, 0.15) is 57.2 Å². The Morgan fingerprint density at radius 2 is 1.95 bits per heavy atom. The van der Waals surface area contributed by atoms with Gasteiger partial charge in [0.25, 0.3) is 0 Å². The summed E-state index contributed by atoms with van der Waals surface area (Å²) in [5, 5.41) is 8.26. The molecule has 1 atom stereocenters. The number of aromatic nitrogens is 4. The van der Waals surface area contributed by atoms with Crippen LogP contribution in [-0.2, 0) is 13.5 Å². The van der Waals surface area contributed by atoms with Gasteiger partial charge in [-0.05, 0) is 25.5 Å². The Morgan fingerprint density at radius 1 is 1.19 bits per heavy atom. The molecule has 21 heavy (non-hydrogen) atoms. The first-order valence-electron chi connectivity index (χ1n) is 7.94. The number of rotatable bonds is 8. The summed E-state index contributed by atoms with van der Waals surface area (Å²) in [7, 11) is 2.04. The fourth-order valence-corrected chi connectivity index (χ4v) is 2.78. The Morgan fingerprint density at radius 3 is 2.52 bits per heavy atom. The average molecular weight is 289 g/mol. The summed E-state index contributed by atoms with van der Waals surface area (Å²) >= 11 is 0. The quantitative estimate of drug-likeness (QED) is 0.813. The van der Waals surface area contributed by atoms with Crippen LogP contribution in [0.5, 0.6) is 0 Å². The molecule has 0 saturated heterocycles. The van der Waals surface area contributed by atoms with Crippen molar-refractivity contribution in [2.45, 2.75) is 52.1 Å². The van der Waals surface area contributed by atoms with E-state index in [1.165, 1.54) is 0 Å². The second-order valence-electron chi connectivity index (χ2n) is 5.47. The second-order valence-corrected chi connectivity index (χ2v) is 5.47. The summed E-state index contributed by atoms with van der Waals surface area (Å²) in [5.41, 5.74) is 1.12. The maximum absolute atomic E-state index is 4.75. The number of nitrogens with zero attached hydrogens (tertiary/aromatic N) is 4. The lowest BCUT2D eigenvalue weighted by Crippen LogP contribution is -2.26. The van der Waals surface area contributed by atoms with Crippen molar-refractivity contribution in [3.63, 3.8) is 0 Å². The number of nitrogens with one attached hydrogen (secondary N) is 1. The van der Waals surface area contributed by atoms with Gasteiger partial charge in [-0.3, -0.25) is 4.68 Å². The molecule has 0 aliphatic heterocycles. The van der Waals surface area contributed by atoms with E-state index in [0.717, 1.165) is 37.3 Å². The molecule has 116 valence electrons. The topological polar surface area (TPSA) is 47.7 Å². The molecule has 0 aliphatic carbocycles. The predicted molar refractivity (Wildman–Crippen MR) is 85.2 cm³/mol. The van der Waals surface area contributed by atoms with Gasteiger partial charge in [-0.2, -0.15) is 5.10 Å². The van der Waals surface area contributed by atoms with E-state index in [1.807, 2.05) is 19.4 Å². The minimum atomic E-state index is 0.208. The van der Waals surface area contributed by atoms with Crippen molar-refractivity contribution in [3.8, 4) is 0 Å². The molecule has 0 fully saturated rings. The van der Waals surface area contributed by atoms with Crippen molar-refractivity contribution >= 4 is 0 Å². The van der Waals surface area contributed by atoms with Crippen LogP contribution in [0.4, 0.5) is 0 Å². The third-order valence-corrected chi connectivity index (χ3v) is 4.01. The third kappa shape index (κ3) is 3.73. The van der Waals surface area contributed by atoms with Gasteiger partial charge in [-0.25, -0.2) is 4.98 Å². The first-order chi connectivity index (χ1) is 10.2. The molecule has 0 bridgehead atoms. The lowest BCUT2D eigenvalue weighted by Gasteiger charge is -2.17. The lowest BCUT2D eigenvalue weighted by atomic mass is 10.1. The maximum atomic E-state index is 4.75. The molecule has 0 amide bonds. The number of imidazole rings is 1. The largest absolute Gasteiger partial charge is 0.337 e. The Bertz CT molecular complexity index is 538. The molecule has 0 saturated carbocycles. The molecule has 2 aromatic rings. The van der Waals surface area contributed by atoms with Crippen LogP contribution in [0.15, 0.2) is 24.7 Å². The highest BCUT2D eigenvalue weighted by Crippen LogP contribution is 2.18. The van der Waals surface area contributed by atoms with Gasteiger partial charge in [0.2, 0.25) is 0 Å². The van der Waals surface area contributed by atoms with E-state index >= 15 is 0 Å². The Labute approximate surface area is 127 Å². The van der Waals surface area contributed by atoms with E-state index in [0.29, 0.717) is 6.04 Å². The Kier molecular flexibility index (Phi) is 5.56. The van der Waals surface area contributed by atoms with Crippen LogP contribution in [-0.4, -0.2) is 25.9 Å². The Balaban J connectivity index is 2.12. The second kappa shape index (κ2) is 7.41. The van der Waals surface area contributed by atoms with Gasteiger partial charge in [0.15, 0.2) is 0 Å². The fraction of sp³-hybridized carbons (Fsp3) is 0.625. The molecule has 5 nitrogen and oxygen atoms in total. The molecule has 1 unspecified atom stereocenters. The van der Waals surface area contributed by atoms with Crippen LogP contribution in [0.2, 0.25) is 0 Å². The van der Waals surface area contributed by atoms with Gasteiger partial charge in [0.1, 0.15) is 5.82 Å². The molecule has 0 spiro atoms. The highest BCUT2D eigenvalue weighted by Gasteiger charge is 2.17. The van der Waals surface area contributed by atoms with Gasteiger partial charge in [0, 0.05) is 32.1 Å². The zero-order chi connectivity index (χ0) is 15.2. The summed E-state index contributed by atoms with van der Waals surface area (Å²) in [4.78, 5) is 4.47. The molecule has 2 heterocycles. The van der Waals surface area contributed by atoms with Crippen molar-refractivity contribution in [2.24, 2.45) is 7.05 Å². The molecule has 0 aliphatic rings. The SMILES string of the molecule is CCNC(Cc1ccn(C(CC)CC)n1)c1nccn1C. The van der Waals surface area contributed by atoms with Crippen LogP contribution in [0.3, 0.4) is 0 Å². The lowest BCUT2D eigenvalue weighted by molar-refractivity contribution is 0.421. The van der Waals surface area contributed by atoms with E-state index in [2.05, 4.69) is 52.6 Å². The first-order valence-corrected chi connectivity index (χ1v) is 7.94. The molecule has 0 aromatic carbocycles. The van der Waals surface area contributed by atoms with Gasteiger partial charge in [0.05, 0.1) is 17.8 Å². The third-order valence-electron chi connectivity index (χ3n) is 4.01. The molecule has 0 radical (unpaired) electrons. The molecule has 5 heteroatoms. The fourth-order valence-electron chi connectivity index (χ4n) is 2.78. The van der Waals surface area contributed by atoms with Crippen molar-refractivity contribution in [1.82, 2.24) is 24.6 Å². The highest BCUT2D eigenvalue weighted by atomic mass is 15.3. The number of likely N-dealkylation sites (N-methyl/N-ethyl adjacent to an activating group) is 1. The van der Waals surface area contributed by atoms with Gasteiger partial charge in [-0.1, -0.05) is 20.8 Å². The van der Waals surface area contributed by atoms with E-state index in [-0.39, 0.29) is 6.04 Å². The van der Waals surface area contributed by atoms with Crippen molar-refractivity contribution < 1.29 is 0 Å². The van der Waals surface area contributed by atoms with E-state index < -0.39 is 0 Å². The maximum Gasteiger partial charge on any atom is 0.125 e. The normalized spacial score (nSPS) is 13.0. The van der Waals surface area contributed by atoms with Gasteiger partial charge in [-0.15, -0.1) is 0 Å². The van der Waals surface area contributed by atoms with Crippen molar-refractivity contribution in [1.29, 1.82) is 0 Å². The molecule has 1 N–H and O–H groups in total. The van der Waals surface area contributed by atoms with Crippen LogP contribution in [0, 0.1) is 0 Å². The zero-order valence-electron chi connectivity index (χ0n) is 13.6. The van der Waals surface area contributed by atoms with Crippen LogP contribution in [0.25, 0.3) is 0 Å². The standard InChI is InChI=1S/C16H27N5/c1-5-14(6-2)21-10-8-13(19-21)12-15(17-7-3)16-18-9-11-20(16)4/h8-11,14-15,17H,5-7,12H2,1-4H3. The zero-order valence-corrected chi connectivity index (χ0v) is 13.6. The Hall–Kier alpha value is -1.62. The van der Waals surface area contributed by atoms with Gasteiger partial charge < -0.3 is 9.88 Å². The van der Waals surface area contributed by atoms with E-state index in [1.54, 1.807) is 0 Å². The van der Waals surface area contributed by atoms with Crippen molar-refractivity contribution in [3.05, 3.63) is 36.2 Å². The first kappa shape index (κ1) is 15.8. The van der Waals surface area contributed by atoms with E-state index in [9.17, 15) is 0 Å². The van der Waals surface area contributed by atoms with E-state index in [4.69, 9.17) is 5.10 Å². The summed E-state index contributed by atoms with van der Waals surface area (Å²) in [6.07, 6.45) is 9.05. The molecular weight excluding hydrogens is 262 g/mol. The van der Waals surface area contributed by atoms with Crippen molar-refractivity contribution in [2.75, 3.05) is 6.54 Å². The summed E-state index contributed by atoms with van der Waals surface area (Å²) in [5.74, 6) is 1.06. The molecule has 2 aromatic heterocycles. The smallest absolute Gasteiger partial charge is 0.125 e. The molecule has 2 rings (SSSR count). The number of hydrogen-bond acceptors (Lipinski definition) is 3. The summed E-state index contributed by atoms with van der Waals surface area (Å²) in [6.45, 7) is 7.47. The van der Waals surface area contributed by atoms with Gasteiger partial charge >= 0.3 is 0 Å². The number of aryl methyl sites for hydroxylation is 1. The average Bonchev–Trinajstić information content (AvgIpc) is 3.09. The molecular formula is C16H27N5.